The van der Waals surface area contributed by atoms with Gasteiger partial charge in [0.25, 0.3) is 0 Å². The predicted molar refractivity (Wildman–Crippen MR) is 87.3 cm³/mol. The monoisotopic (exact) mass is 329 g/mol. The van der Waals surface area contributed by atoms with Crippen molar-refractivity contribution in [3.8, 4) is 0 Å². The lowest BCUT2D eigenvalue weighted by Gasteiger charge is -2.18. The van der Waals surface area contributed by atoms with Crippen molar-refractivity contribution in [2.75, 3.05) is 17.7 Å². The van der Waals surface area contributed by atoms with Crippen LogP contribution < -0.4 is 10.6 Å². The first-order valence-corrected chi connectivity index (χ1v) is 7.21. The second-order valence-electron chi connectivity index (χ2n) is 4.29. The third kappa shape index (κ3) is 3.29. The van der Waals surface area contributed by atoms with Crippen LogP contribution in [0.4, 0.5) is 11.6 Å². The van der Waals surface area contributed by atoms with E-state index in [9.17, 15) is 0 Å². The molecule has 1 unspecified atom stereocenters. The van der Waals surface area contributed by atoms with E-state index in [-0.39, 0.29) is 6.04 Å². The highest BCUT2D eigenvalue weighted by molar-refractivity contribution is 6.37. The Bertz CT molecular complexity index is 617. The average Bonchev–Trinajstić information content (AvgIpc) is 2.42. The molecule has 1 atom stereocenters. The van der Waals surface area contributed by atoms with Crippen molar-refractivity contribution in [1.82, 2.24) is 4.98 Å². The molecule has 2 rings (SSSR count). The highest BCUT2D eigenvalue weighted by Crippen LogP contribution is 2.32. The Morgan fingerprint density at radius 1 is 1.00 bits per heavy atom. The van der Waals surface area contributed by atoms with Crippen LogP contribution in [-0.4, -0.2) is 12.0 Å². The van der Waals surface area contributed by atoms with Gasteiger partial charge in [0.05, 0.1) is 16.1 Å². The fourth-order valence-electron chi connectivity index (χ4n) is 1.85. The van der Waals surface area contributed by atoms with E-state index in [1.807, 2.05) is 31.2 Å². The van der Waals surface area contributed by atoms with Crippen LogP contribution in [0.25, 0.3) is 0 Å². The molecule has 0 aliphatic carbocycles. The lowest BCUT2D eigenvalue weighted by Crippen LogP contribution is -2.10. The Balaban J connectivity index is 2.28. The van der Waals surface area contributed by atoms with Gasteiger partial charge < -0.3 is 10.6 Å². The quantitative estimate of drug-likeness (QED) is 0.803. The minimum atomic E-state index is -0.0282. The van der Waals surface area contributed by atoms with E-state index in [0.717, 1.165) is 5.56 Å². The summed E-state index contributed by atoms with van der Waals surface area (Å²) >= 11 is 18.4. The number of pyridine rings is 1. The molecule has 20 heavy (non-hydrogen) atoms. The minimum Gasteiger partial charge on any atom is -0.372 e. The summed E-state index contributed by atoms with van der Waals surface area (Å²) in [6.45, 7) is 1.99. The molecule has 0 spiro atoms. The zero-order chi connectivity index (χ0) is 14.7. The molecule has 2 N–H and O–H groups in total. The molecule has 0 fully saturated rings. The first kappa shape index (κ1) is 15.2. The number of halogens is 3. The van der Waals surface area contributed by atoms with Gasteiger partial charge in [0.15, 0.2) is 0 Å². The van der Waals surface area contributed by atoms with Gasteiger partial charge in [-0.05, 0) is 24.6 Å². The first-order valence-electron chi connectivity index (χ1n) is 6.07. The number of hydrogen-bond donors (Lipinski definition) is 2. The Morgan fingerprint density at radius 2 is 1.65 bits per heavy atom. The van der Waals surface area contributed by atoms with E-state index in [1.165, 1.54) is 0 Å². The van der Waals surface area contributed by atoms with Crippen LogP contribution in [0.2, 0.25) is 15.1 Å². The normalized spacial score (nSPS) is 12.1. The molecule has 0 saturated carbocycles. The molecular formula is C14H14Cl3N3. The molecule has 3 nitrogen and oxygen atoms in total. The topological polar surface area (TPSA) is 37.0 Å². The standard InChI is InChI=1S/C14H14Cl3N3/c1-8(9-5-3-4-6-10(9)15)19-14-12(17)7-11(16)13(18-2)20-14/h3-8H,1-2H3,(H2,18,19,20). The van der Waals surface area contributed by atoms with Crippen molar-refractivity contribution in [3.05, 3.63) is 51.0 Å². The van der Waals surface area contributed by atoms with Gasteiger partial charge in [-0.15, -0.1) is 0 Å². The third-order valence-electron chi connectivity index (χ3n) is 2.89. The first-order chi connectivity index (χ1) is 9.52. The fraction of sp³-hybridized carbons (Fsp3) is 0.214. The Morgan fingerprint density at radius 3 is 2.30 bits per heavy atom. The highest BCUT2D eigenvalue weighted by Gasteiger charge is 2.13. The Hall–Kier alpha value is -1.16. The average molecular weight is 331 g/mol. The van der Waals surface area contributed by atoms with Crippen molar-refractivity contribution >= 4 is 46.4 Å². The molecule has 0 saturated heterocycles. The number of rotatable bonds is 4. The zero-order valence-electron chi connectivity index (χ0n) is 11.0. The number of anilines is 2. The van der Waals surface area contributed by atoms with Crippen molar-refractivity contribution in [2.45, 2.75) is 13.0 Å². The van der Waals surface area contributed by atoms with Crippen LogP contribution >= 0.6 is 34.8 Å². The molecule has 0 radical (unpaired) electrons. The van der Waals surface area contributed by atoms with E-state index in [4.69, 9.17) is 34.8 Å². The van der Waals surface area contributed by atoms with Gasteiger partial charge in [0, 0.05) is 12.1 Å². The number of aromatic nitrogens is 1. The maximum absolute atomic E-state index is 6.18. The van der Waals surface area contributed by atoms with E-state index in [1.54, 1.807) is 13.1 Å². The second kappa shape index (κ2) is 6.53. The summed E-state index contributed by atoms with van der Waals surface area (Å²) in [5, 5.41) is 7.81. The van der Waals surface area contributed by atoms with Gasteiger partial charge in [-0.1, -0.05) is 53.0 Å². The minimum absolute atomic E-state index is 0.0282. The fourth-order valence-corrected chi connectivity index (χ4v) is 2.66. The Labute approximate surface area is 133 Å². The van der Waals surface area contributed by atoms with Gasteiger partial charge in [-0.25, -0.2) is 4.98 Å². The number of nitrogens with one attached hydrogen (secondary N) is 2. The van der Waals surface area contributed by atoms with Gasteiger partial charge in [0.1, 0.15) is 11.6 Å². The van der Waals surface area contributed by atoms with Crippen LogP contribution in [0, 0.1) is 0 Å². The van der Waals surface area contributed by atoms with Crippen LogP contribution in [0.5, 0.6) is 0 Å². The molecule has 0 aliphatic heterocycles. The number of benzene rings is 1. The van der Waals surface area contributed by atoms with Gasteiger partial charge in [0.2, 0.25) is 0 Å². The summed E-state index contributed by atoms with van der Waals surface area (Å²) in [5.41, 5.74) is 0.980. The second-order valence-corrected chi connectivity index (χ2v) is 5.51. The van der Waals surface area contributed by atoms with Crippen molar-refractivity contribution in [2.24, 2.45) is 0 Å². The van der Waals surface area contributed by atoms with Crippen LogP contribution in [0.1, 0.15) is 18.5 Å². The van der Waals surface area contributed by atoms with Gasteiger partial charge in [-0.2, -0.15) is 0 Å². The molecule has 2 aromatic rings. The lowest BCUT2D eigenvalue weighted by molar-refractivity contribution is 0.875. The summed E-state index contributed by atoms with van der Waals surface area (Å²) in [7, 11) is 1.75. The predicted octanol–water partition coefficient (Wildman–Crippen LogP) is 5.26. The van der Waals surface area contributed by atoms with Crippen molar-refractivity contribution < 1.29 is 0 Å². The highest BCUT2D eigenvalue weighted by atomic mass is 35.5. The summed E-state index contributed by atoms with van der Waals surface area (Å²) in [6.07, 6.45) is 0. The third-order valence-corrected chi connectivity index (χ3v) is 3.81. The molecule has 0 bridgehead atoms. The molecule has 1 heterocycles. The van der Waals surface area contributed by atoms with Crippen LogP contribution in [0.3, 0.4) is 0 Å². The maximum atomic E-state index is 6.18. The van der Waals surface area contributed by atoms with E-state index >= 15 is 0 Å². The SMILES string of the molecule is CNc1nc(NC(C)c2ccccc2Cl)c(Cl)cc1Cl. The molecule has 6 heteroatoms. The molecule has 106 valence electrons. The van der Waals surface area contributed by atoms with Crippen molar-refractivity contribution in [3.63, 3.8) is 0 Å². The van der Waals surface area contributed by atoms with Crippen LogP contribution in [0.15, 0.2) is 30.3 Å². The van der Waals surface area contributed by atoms with Gasteiger partial charge >= 0.3 is 0 Å². The summed E-state index contributed by atoms with van der Waals surface area (Å²) < 4.78 is 0. The van der Waals surface area contributed by atoms with E-state index < -0.39 is 0 Å². The summed E-state index contributed by atoms with van der Waals surface area (Å²) in [5.74, 6) is 1.14. The maximum Gasteiger partial charge on any atom is 0.147 e. The molecule has 0 aliphatic rings. The number of hydrogen-bond acceptors (Lipinski definition) is 3. The molecule has 1 aromatic heterocycles. The van der Waals surface area contributed by atoms with Gasteiger partial charge in [-0.3, -0.25) is 0 Å². The zero-order valence-corrected chi connectivity index (χ0v) is 13.3. The summed E-state index contributed by atoms with van der Waals surface area (Å²) in [6, 6.07) is 9.28. The smallest absolute Gasteiger partial charge is 0.147 e. The summed E-state index contributed by atoms with van der Waals surface area (Å²) in [4.78, 5) is 4.36. The largest absolute Gasteiger partial charge is 0.372 e. The Kier molecular flexibility index (Phi) is 4.97. The molecule has 0 amide bonds. The number of nitrogens with zero attached hydrogens (tertiary/aromatic N) is 1. The molecular weight excluding hydrogens is 317 g/mol. The van der Waals surface area contributed by atoms with E-state index in [0.29, 0.717) is 26.7 Å². The lowest BCUT2D eigenvalue weighted by atomic mass is 10.1. The van der Waals surface area contributed by atoms with Crippen LogP contribution in [-0.2, 0) is 0 Å². The molecule has 1 aromatic carbocycles. The van der Waals surface area contributed by atoms with E-state index in [2.05, 4.69) is 15.6 Å². The van der Waals surface area contributed by atoms with Crippen molar-refractivity contribution in [1.29, 1.82) is 0 Å².